The van der Waals surface area contributed by atoms with Crippen molar-refractivity contribution in [3.63, 3.8) is 0 Å². The molecule has 1 saturated carbocycles. The molecular weight excluding hydrogens is 320 g/mol. The average molecular weight is 354 g/mol. The fourth-order valence-electron chi connectivity index (χ4n) is 3.55. The Bertz CT molecular complexity index is 432. The Labute approximate surface area is 151 Å². The van der Waals surface area contributed by atoms with Crippen LogP contribution >= 0.6 is 0 Å². The maximum Gasteiger partial charge on any atom is 0.303 e. The molecular formula is C20H34O5. The SMILES string of the molecule is CCCCC[C@@H](O)/C=C/[C@H]1C(=O)C[C@H](O)[C@H]1CCCCCCC(=O)O. The van der Waals surface area contributed by atoms with Crippen molar-refractivity contribution >= 4 is 11.8 Å². The minimum atomic E-state index is -0.764. The van der Waals surface area contributed by atoms with E-state index >= 15 is 0 Å². The van der Waals surface area contributed by atoms with Gasteiger partial charge in [0.05, 0.1) is 12.2 Å². The van der Waals surface area contributed by atoms with E-state index in [1.807, 2.05) is 0 Å². The largest absolute Gasteiger partial charge is 0.481 e. The second-order valence-corrected chi connectivity index (χ2v) is 7.22. The number of allylic oxidation sites excluding steroid dienone is 1. The first-order valence-electron chi connectivity index (χ1n) is 9.74. The van der Waals surface area contributed by atoms with Crippen LogP contribution in [0.3, 0.4) is 0 Å². The molecule has 1 fully saturated rings. The molecule has 0 heterocycles. The molecule has 5 heteroatoms. The lowest BCUT2D eigenvalue weighted by Crippen LogP contribution is -2.19. The molecule has 4 atom stereocenters. The number of aliphatic hydroxyl groups is 2. The lowest BCUT2D eigenvalue weighted by molar-refractivity contribution is -0.137. The van der Waals surface area contributed by atoms with Crippen LogP contribution < -0.4 is 0 Å². The van der Waals surface area contributed by atoms with Crippen molar-refractivity contribution in [3.8, 4) is 0 Å². The molecule has 0 aromatic heterocycles. The molecule has 144 valence electrons. The van der Waals surface area contributed by atoms with E-state index in [9.17, 15) is 19.8 Å². The molecule has 1 rings (SSSR count). The van der Waals surface area contributed by atoms with Crippen molar-refractivity contribution in [1.82, 2.24) is 0 Å². The minimum Gasteiger partial charge on any atom is -0.481 e. The fraction of sp³-hybridized carbons (Fsp3) is 0.800. The Morgan fingerprint density at radius 3 is 2.60 bits per heavy atom. The highest BCUT2D eigenvalue weighted by Crippen LogP contribution is 2.34. The van der Waals surface area contributed by atoms with Gasteiger partial charge in [-0.05, 0) is 25.2 Å². The molecule has 0 aromatic rings. The van der Waals surface area contributed by atoms with Gasteiger partial charge in [0.1, 0.15) is 5.78 Å². The molecule has 0 amide bonds. The van der Waals surface area contributed by atoms with E-state index in [0.29, 0.717) is 12.8 Å². The van der Waals surface area contributed by atoms with E-state index < -0.39 is 18.2 Å². The number of carboxylic acid groups (broad SMARTS) is 1. The standard InChI is InChI=1S/C20H34O5/c1-2-3-6-9-15(21)12-13-17-16(18(22)14-19(17)23)10-7-4-5-8-11-20(24)25/h12-13,15-18,21-22H,2-11,14H2,1H3,(H,24,25)/b13-12+/t15-,16+,17-,18+/m1/s1. The summed E-state index contributed by atoms with van der Waals surface area (Å²) >= 11 is 0. The van der Waals surface area contributed by atoms with E-state index in [1.54, 1.807) is 12.2 Å². The van der Waals surface area contributed by atoms with Gasteiger partial charge in [0.15, 0.2) is 0 Å². The quantitative estimate of drug-likeness (QED) is 0.348. The zero-order valence-corrected chi connectivity index (χ0v) is 15.4. The number of hydrogen-bond donors (Lipinski definition) is 3. The number of ketones is 1. The van der Waals surface area contributed by atoms with Gasteiger partial charge in [-0.15, -0.1) is 0 Å². The third-order valence-corrected chi connectivity index (χ3v) is 5.06. The van der Waals surface area contributed by atoms with Gasteiger partial charge in [0.25, 0.3) is 0 Å². The van der Waals surface area contributed by atoms with Crippen molar-refractivity contribution < 1.29 is 24.9 Å². The maximum absolute atomic E-state index is 12.1. The molecule has 0 aliphatic heterocycles. The highest BCUT2D eigenvalue weighted by atomic mass is 16.4. The van der Waals surface area contributed by atoms with Crippen LogP contribution in [0.25, 0.3) is 0 Å². The summed E-state index contributed by atoms with van der Waals surface area (Å²) < 4.78 is 0. The summed E-state index contributed by atoms with van der Waals surface area (Å²) in [6.07, 6.45) is 10.8. The van der Waals surface area contributed by atoms with Crippen molar-refractivity contribution in [2.75, 3.05) is 0 Å². The van der Waals surface area contributed by atoms with Gasteiger partial charge in [-0.3, -0.25) is 9.59 Å². The normalized spacial score (nSPS) is 24.9. The van der Waals surface area contributed by atoms with Crippen molar-refractivity contribution in [2.45, 2.75) is 89.8 Å². The first-order chi connectivity index (χ1) is 12.0. The second-order valence-electron chi connectivity index (χ2n) is 7.22. The molecule has 5 nitrogen and oxygen atoms in total. The molecule has 1 aliphatic rings. The van der Waals surface area contributed by atoms with Crippen LogP contribution in [0, 0.1) is 11.8 Å². The molecule has 25 heavy (non-hydrogen) atoms. The number of carbonyl (C=O) groups excluding carboxylic acids is 1. The Balaban J connectivity index is 2.39. The number of aliphatic hydroxyl groups excluding tert-OH is 2. The molecule has 0 unspecified atom stereocenters. The van der Waals surface area contributed by atoms with Crippen molar-refractivity contribution in [3.05, 3.63) is 12.2 Å². The maximum atomic E-state index is 12.1. The van der Waals surface area contributed by atoms with E-state index in [4.69, 9.17) is 5.11 Å². The summed E-state index contributed by atoms with van der Waals surface area (Å²) in [5.41, 5.74) is 0. The number of Topliss-reactive ketones (excluding diaryl/α,β-unsaturated/α-hetero) is 1. The van der Waals surface area contributed by atoms with Gasteiger partial charge >= 0.3 is 5.97 Å². The zero-order valence-electron chi connectivity index (χ0n) is 15.4. The van der Waals surface area contributed by atoms with Crippen LogP contribution in [0.4, 0.5) is 0 Å². The molecule has 3 N–H and O–H groups in total. The highest BCUT2D eigenvalue weighted by molar-refractivity contribution is 5.85. The average Bonchev–Trinajstić information content (AvgIpc) is 2.82. The summed E-state index contributed by atoms with van der Waals surface area (Å²) in [5.74, 6) is -1.08. The lowest BCUT2D eigenvalue weighted by atomic mass is 9.88. The van der Waals surface area contributed by atoms with Crippen LogP contribution in [0.1, 0.15) is 77.6 Å². The first-order valence-corrected chi connectivity index (χ1v) is 9.74. The topological polar surface area (TPSA) is 94.8 Å². The number of carbonyl (C=O) groups is 2. The first kappa shape index (κ1) is 21.8. The van der Waals surface area contributed by atoms with E-state index in [-0.39, 0.29) is 30.5 Å². The molecule has 0 bridgehead atoms. The van der Waals surface area contributed by atoms with Gasteiger partial charge in [0.2, 0.25) is 0 Å². The van der Waals surface area contributed by atoms with Gasteiger partial charge in [-0.1, -0.05) is 57.6 Å². The third-order valence-electron chi connectivity index (χ3n) is 5.06. The molecule has 0 radical (unpaired) electrons. The van der Waals surface area contributed by atoms with E-state index in [1.165, 1.54) is 0 Å². The Hall–Kier alpha value is -1.20. The predicted molar refractivity (Wildman–Crippen MR) is 97.2 cm³/mol. The predicted octanol–water partition coefficient (Wildman–Crippen LogP) is 3.48. The summed E-state index contributed by atoms with van der Waals surface area (Å²) in [6.45, 7) is 2.12. The Kier molecular flexibility index (Phi) is 10.7. The third kappa shape index (κ3) is 8.63. The van der Waals surface area contributed by atoms with Gasteiger partial charge in [-0.25, -0.2) is 0 Å². The van der Waals surface area contributed by atoms with E-state index in [0.717, 1.165) is 44.9 Å². The van der Waals surface area contributed by atoms with Crippen LogP contribution in [-0.4, -0.2) is 39.3 Å². The van der Waals surface area contributed by atoms with Crippen molar-refractivity contribution in [2.24, 2.45) is 11.8 Å². The number of unbranched alkanes of at least 4 members (excludes halogenated alkanes) is 5. The van der Waals surface area contributed by atoms with Crippen LogP contribution in [0.5, 0.6) is 0 Å². The molecule has 0 aromatic carbocycles. The molecule has 0 spiro atoms. The fourth-order valence-corrected chi connectivity index (χ4v) is 3.55. The summed E-state index contributed by atoms with van der Waals surface area (Å²) in [6, 6.07) is 0. The van der Waals surface area contributed by atoms with Crippen LogP contribution in [0.15, 0.2) is 12.2 Å². The number of rotatable bonds is 13. The monoisotopic (exact) mass is 354 g/mol. The van der Waals surface area contributed by atoms with Crippen molar-refractivity contribution in [1.29, 1.82) is 0 Å². The summed E-state index contributed by atoms with van der Waals surface area (Å²) in [5, 5.41) is 28.7. The number of carboxylic acids is 1. The van der Waals surface area contributed by atoms with Gasteiger partial charge < -0.3 is 15.3 Å². The Morgan fingerprint density at radius 1 is 1.20 bits per heavy atom. The van der Waals surface area contributed by atoms with Gasteiger partial charge in [-0.2, -0.15) is 0 Å². The molecule has 0 saturated heterocycles. The van der Waals surface area contributed by atoms with E-state index in [2.05, 4.69) is 6.92 Å². The number of aliphatic carboxylic acids is 1. The Morgan fingerprint density at radius 2 is 1.92 bits per heavy atom. The summed E-state index contributed by atoms with van der Waals surface area (Å²) in [7, 11) is 0. The summed E-state index contributed by atoms with van der Waals surface area (Å²) in [4.78, 5) is 22.6. The number of hydrogen-bond acceptors (Lipinski definition) is 4. The minimum absolute atomic E-state index is 0.0559. The lowest BCUT2D eigenvalue weighted by Gasteiger charge is -2.18. The smallest absolute Gasteiger partial charge is 0.303 e. The molecule has 1 aliphatic carbocycles. The second kappa shape index (κ2) is 12.2. The van der Waals surface area contributed by atoms with Crippen LogP contribution in [-0.2, 0) is 9.59 Å². The highest BCUT2D eigenvalue weighted by Gasteiger charge is 2.39. The van der Waals surface area contributed by atoms with Crippen LogP contribution in [0.2, 0.25) is 0 Å². The van der Waals surface area contributed by atoms with Gasteiger partial charge in [0, 0.05) is 18.8 Å². The zero-order chi connectivity index (χ0) is 18.7.